The molecule has 0 spiro atoms. The van der Waals surface area contributed by atoms with E-state index in [-0.39, 0.29) is 17.4 Å². The van der Waals surface area contributed by atoms with Crippen LogP contribution >= 0.6 is 0 Å². The fraction of sp³-hybridized carbons (Fsp3) is 0.679. The summed E-state index contributed by atoms with van der Waals surface area (Å²) in [5.41, 5.74) is 4.14. The molecule has 1 heterocycles. The number of aliphatic hydroxyl groups is 2. The molecular formula is C28H42O7. The van der Waals surface area contributed by atoms with Crippen LogP contribution in [0.15, 0.2) is 17.7 Å². The second-order valence-corrected chi connectivity index (χ2v) is 10.7. The summed E-state index contributed by atoms with van der Waals surface area (Å²) in [4.78, 5) is 11.5. The van der Waals surface area contributed by atoms with Crippen LogP contribution in [0.1, 0.15) is 95.8 Å². The molecule has 1 aromatic rings. The standard InChI is InChI=1S/C28H42O7/c1-14(2)9-8-10-15(3)20-12-11-16(4)22-21(20)13-17(5)26(24(22)31)35-28-25(32)27(34-19(7)29)23(30)18(6)33-28/h9,13,15-16,18,20,23,25,27-28,30-32H,8,10-12H2,1-7H3/t15-,16-,18?,20+,23?,25?,27?,28?/m0/s1. The quantitative estimate of drug-likeness (QED) is 0.371. The van der Waals surface area contributed by atoms with Gasteiger partial charge >= 0.3 is 5.97 Å². The Morgan fingerprint density at radius 2 is 1.89 bits per heavy atom. The molecule has 0 bridgehead atoms. The molecule has 0 amide bonds. The normalized spacial score (nSPS) is 31.3. The molecular weight excluding hydrogens is 448 g/mol. The topological polar surface area (TPSA) is 105 Å². The summed E-state index contributed by atoms with van der Waals surface area (Å²) >= 11 is 0. The third kappa shape index (κ3) is 6.01. The Morgan fingerprint density at radius 1 is 1.20 bits per heavy atom. The molecule has 3 rings (SSSR count). The van der Waals surface area contributed by atoms with Crippen LogP contribution in [0.25, 0.3) is 0 Å². The maximum absolute atomic E-state index is 11.5. The van der Waals surface area contributed by atoms with E-state index in [9.17, 15) is 20.1 Å². The van der Waals surface area contributed by atoms with Gasteiger partial charge in [0.1, 0.15) is 6.10 Å². The number of phenolic OH excluding ortho intramolecular Hbond substituents is 1. The van der Waals surface area contributed by atoms with Crippen LogP contribution in [0.4, 0.5) is 0 Å². The Morgan fingerprint density at radius 3 is 2.51 bits per heavy atom. The molecule has 1 aromatic carbocycles. The second-order valence-electron chi connectivity index (χ2n) is 10.7. The number of carbonyl (C=O) groups excluding carboxylic acids is 1. The minimum absolute atomic E-state index is 0.0762. The van der Waals surface area contributed by atoms with Gasteiger partial charge in [0.25, 0.3) is 0 Å². The van der Waals surface area contributed by atoms with E-state index in [0.29, 0.717) is 11.8 Å². The SMILES string of the molecule is CC(=O)OC1C(O)C(C)OC(Oc2c(C)cc3c(c2O)[C@@H](C)CC[C@@H]3[C@@H](C)CCC=C(C)C)C1O. The Hall–Kier alpha value is -2.09. The van der Waals surface area contributed by atoms with Crippen molar-refractivity contribution in [2.45, 2.75) is 117 Å². The number of hydrogen-bond donors (Lipinski definition) is 3. The highest BCUT2D eigenvalue weighted by Gasteiger charge is 2.46. The largest absolute Gasteiger partial charge is 0.504 e. The van der Waals surface area contributed by atoms with Crippen molar-refractivity contribution in [3.63, 3.8) is 0 Å². The molecule has 7 heteroatoms. The minimum Gasteiger partial charge on any atom is -0.504 e. The summed E-state index contributed by atoms with van der Waals surface area (Å²) in [7, 11) is 0. The zero-order chi connectivity index (χ0) is 26.0. The third-order valence-corrected chi connectivity index (χ3v) is 7.49. The lowest BCUT2D eigenvalue weighted by Crippen LogP contribution is -2.59. The molecule has 1 aliphatic carbocycles. The van der Waals surface area contributed by atoms with Gasteiger partial charge in [-0.2, -0.15) is 0 Å². The van der Waals surface area contributed by atoms with Crippen LogP contribution in [-0.4, -0.2) is 52.0 Å². The fourth-order valence-corrected chi connectivity index (χ4v) is 5.49. The van der Waals surface area contributed by atoms with E-state index in [0.717, 1.165) is 36.8 Å². The number of allylic oxidation sites excluding steroid dienone is 2. The van der Waals surface area contributed by atoms with Crippen molar-refractivity contribution in [2.24, 2.45) is 5.92 Å². The van der Waals surface area contributed by atoms with Crippen molar-refractivity contribution in [1.29, 1.82) is 0 Å². The molecule has 2 aliphatic rings. The number of benzene rings is 1. The lowest BCUT2D eigenvalue weighted by molar-refractivity contribution is -0.272. The number of phenols is 1. The summed E-state index contributed by atoms with van der Waals surface area (Å²) in [6.07, 6.45) is 0.707. The summed E-state index contributed by atoms with van der Waals surface area (Å²) in [6.45, 7) is 13.3. The molecule has 0 aromatic heterocycles. The molecule has 8 atom stereocenters. The van der Waals surface area contributed by atoms with E-state index in [1.54, 1.807) is 6.92 Å². The summed E-state index contributed by atoms with van der Waals surface area (Å²) < 4.78 is 16.9. The van der Waals surface area contributed by atoms with Gasteiger partial charge in [0.2, 0.25) is 6.29 Å². The van der Waals surface area contributed by atoms with Gasteiger partial charge in [-0.05, 0) is 82.3 Å². The average Bonchev–Trinajstić information content (AvgIpc) is 2.76. The molecule has 1 saturated heterocycles. The van der Waals surface area contributed by atoms with Crippen LogP contribution in [0.2, 0.25) is 0 Å². The molecule has 0 saturated carbocycles. The number of ether oxygens (including phenoxy) is 3. The highest BCUT2D eigenvalue weighted by Crippen LogP contribution is 2.51. The zero-order valence-electron chi connectivity index (χ0n) is 22.1. The van der Waals surface area contributed by atoms with Crippen molar-refractivity contribution < 1.29 is 34.3 Å². The minimum atomic E-state index is -1.42. The van der Waals surface area contributed by atoms with Gasteiger partial charge in [-0.1, -0.05) is 31.6 Å². The van der Waals surface area contributed by atoms with E-state index in [2.05, 4.69) is 39.8 Å². The summed E-state index contributed by atoms with van der Waals surface area (Å²) in [5.74, 6) is 0.700. The number of esters is 1. The first-order chi connectivity index (χ1) is 16.4. The predicted octanol–water partition coefficient (Wildman–Crippen LogP) is 4.84. The zero-order valence-corrected chi connectivity index (χ0v) is 22.1. The predicted molar refractivity (Wildman–Crippen MR) is 134 cm³/mol. The fourth-order valence-electron chi connectivity index (χ4n) is 5.49. The van der Waals surface area contributed by atoms with Crippen LogP contribution < -0.4 is 4.74 Å². The van der Waals surface area contributed by atoms with Gasteiger partial charge in [0.15, 0.2) is 23.7 Å². The molecule has 1 fully saturated rings. The van der Waals surface area contributed by atoms with Crippen LogP contribution in [0.5, 0.6) is 11.5 Å². The van der Waals surface area contributed by atoms with E-state index < -0.39 is 36.7 Å². The monoisotopic (exact) mass is 490 g/mol. The summed E-state index contributed by atoms with van der Waals surface area (Å²) in [6, 6.07) is 2.10. The molecule has 3 N–H and O–H groups in total. The van der Waals surface area contributed by atoms with Crippen molar-refractivity contribution in [3.05, 3.63) is 34.4 Å². The molecule has 35 heavy (non-hydrogen) atoms. The molecule has 196 valence electrons. The first kappa shape index (κ1) is 27.5. The van der Waals surface area contributed by atoms with Gasteiger partial charge < -0.3 is 29.5 Å². The Labute approximate surface area is 209 Å². The van der Waals surface area contributed by atoms with Crippen LogP contribution in [0, 0.1) is 12.8 Å². The van der Waals surface area contributed by atoms with Crippen molar-refractivity contribution in [1.82, 2.24) is 0 Å². The second kappa shape index (κ2) is 11.3. The number of carbonyl (C=O) groups is 1. The number of rotatable bonds is 7. The number of hydrogen-bond acceptors (Lipinski definition) is 7. The number of aliphatic hydroxyl groups excluding tert-OH is 2. The Bertz CT molecular complexity index is 936. The molecule has 1 aliphatic heterocycles. The number of fused-ring (bicyclic) bond motifs is 1. The number of aromatic hydroxyl groups is 1. The number of aryl methyl sites for hydroxylation is 1. The van der Waals surface area contributed by atoms with Gasteiger partial charge in [-0.3, -0.25) is 4.79 Å². The van der Waals surface area contributed by atoms with E-state index in [1.165, 1.54) is 18.1 Å². The molecule has 0 radical (unpaired) electrons. The van der Waals surface area contributed by atoms with Gasteiger partial charge in [0.05, 0.1) is 6.10 Å². The van der Waals surface area contributed by atoms with Crippen LogP contribution in [-0.2, 0) is 14.3 Å². The Balaban J connectivity index is 1.89. The third-order valence-electron chi connectivity index (χ3n) is 7.49. The maximum atomic E-state index is 11.5. The van der Waals surface area contributed by atoms with Gasteiger partial charge in [-0.15, -0.1) is 0 Å². The first-order valence-corrected chi connectivity index (χ1v) is 12.8. The molecule has 7 nitrogen and oxygen atoms in total. The summed E-state index contributed by atoms with van der Waals surface area (Å²) in [5, 5.41) is 32.5. The highest BCUT2D eigenvalue weighted by atomic mass is 16.7. The van der Waals surface area contributed by atoms with Crippen molar-refractivity contribution >= 4 is 5.97 Å². The van der Waals surface area contributed by atoms with E-state index >= 15 is 0 Å². The molecule has 5 unspecified atom stereocenters. The first-order valence-electron chi connectivity index (χ1n) is 12.8. The average molecular weight is 491 g/mol. The van der Waals surface area contributed by atoms with Gasteiger partial charge in [0, 0.05) is 12.5 Å². The highest BCUT2D eigenvalue weighted by molar-refractivity contribution is 5.66. The van der Waals surface area contributed by atoms with Gasteiger partial charge in [-0.25, -0.2) is 0 Å². The van der Waals surface area contributed by atoms with Crippen molar-refractivity contribution in [2.75, 3.05) is 0 Å². The lowest BCUT2D eigenvalue weighted by Gasteiger charge is -2.41. The lowest BCUT2D eigenvalue weighted by atomic mass is 9.70. The van der Waals surface area contributed by atoms with Crippen LogP contribution in [0.3, 0.4) is 0 Å². The Kier molecular flexibility index (Phi) is 8.89. The van der Waals surface area contributed by atoms with E-state index in [1.807, 2.05) is 6.92 Å². The maximum Gasteiger partial charge on any atom is 0.303 e. The smallest absolute Gasteiger partial charge is 0.303 e. The van der Waals surface area contributed by atoms with Crippen molar-refractivity contribution in [3.8, 4) is 11.5 Å². The van der Waals surface area contributed by atoms with E-state index in [4.69, 9.17) is 14.2 Å².